The van der Waals surface area contributed by atoms with Crippen LogP contribution in [0.2, 0.25) is 0 Å². The molecule has 2 atom stereocenters. The van der Waals surface area contributed by atoms with E-state index in [2.05, 4.69) is 5.32 Å². The van der Waals surface area contributed by atoms with Crippen LogP contribution < -0.4 is 11.1 Å². The van der Waals surface area contributed by atoms with Crippen LogP contribution in [0.3, 0.4) is 0 Å². The van der Waals surface area contributed by atoms with Crippen molar-refractivity contribution in [2.24, 2.45) is 5.73 Å². The monoisotopic (exact) mass is 375 g/mol. The molecule has 26 heavy (non-hydrogen) atoms. The summed E-state index contributed by atoms with van der Waals surface area (Å²) in [6.45, 7) is 3.49. The van der Waals surface area contributed by atoms with Crippen molar-refractivity contribution < 1.29 is 13.2 Å². The van der Waals surface area contributed by atoms with E-state index in [9.17, 15) is 13.2 Å². The van der Waals surface area contributed by atoms with E-state index in [0.29, 0.717) is 0 Å². The molecule has 3 N–H and O–H groups in total. The summed E-state index contributed by atoms with van der Waals surface area (Å²) in [5, 5.41) is 2.89. The molecule has 0 aliphatic rings. The molecule has 140 valence electrons. The highest BCUT2D eigenvalue weighted by Gasteiger charge is 2.31. The number of nitrogens with two attached hydrogens (primary N) is 1. The lowest BCUT2D eigenvalue weighted by Crippen LogP contribution is -2.49. The Hall–Kier alpha value is -2.22. The molecule has 2 aromatic rings. The second kappa shape index (κ2) is 7.57. The average molecular weight is 375 g/mol. The molecule has 7 heteroatoms. The minimum absolute atomic E-state index is 0.206. The van der Waals surface area contributed by atoms with Crippen LogP contribution in [0.25, 0.3) is 0 Å². The largest absolute Gasteiger partial charge is 0.348 e. The summed E-state index contributed by atoms with van der Waals surface area (Å²) in [5.74, 6) is -0.304. The van der Waals surface area contributed by atoms with E-state index in [-0.39, 0.29) is 16.8 Å². The lowest BCUT2D eigenvalue weighted by atomic mass is 9.91. The first kappa shape index (κ1) is 20.1. The smallest absolute Gasteiger partial charge is 0.244 e. The number of sulfonamides is 1. The van der Waals surface area contributed by atoms with Gasteiger partial charge in [-0.1, -0.05) is 42.5 Å². The first-order valence-corrected chi connectivity index (χ1v) is 9.68. The van der Waals surface area contributed by atoms with Gasteiger partial charge in [0.25, 0.3) is 0 Å². The Morgan fingerprint density at radius 3 is 2.12 bits per heavy atom. The molecule has 2 aromatic carbocycles. The molecule has 0 saturated heterocycles. The highest BCUT2D eigenvalue weighted by molar-refractivity contribution is 7.89. The number of amides is 1. The number of nitrogens with zero attached hydrogens (tertiary/aromatic N) is 1. The van der Waals surface area contributed by atoms with Gasteiger partial charge in [0, 0.05) is 14.1 Å². The van der Waals surface area contributed by atoms with E-state index in [1.807, 2.05) is 37.3 Å². The molecule has 1 amide bonds. The molecule has 2 rings (SSSR count). The summed E-state index contributed by atoms with van der Waals surface area (Å²) >= 11 is 0. The van der Waals surface area contributed by atoms with E-state index in [1.165, 1.54) is 26.2 Å². The maximum Gasteiger partial charge on any atom is 0.244 e. The number of hydrogen-bond donors (Lipinski definition) is 2. The Labute approximate surface area is 155 Å². The summed E-state index contributed by atoms with van der Waals surface area (Å²) < 4.78 is 25.4. The van der Waals surface area contributed by atoms with E-state index >= 15 is 0 Å². The quantitative estimate of drug-likeness (QED) is 0.807. The van der Waals surface area contributed by atoms with Crippen LogP contribution >= 0.6 is 0 Å². The van der Waals surface area contributed by atoms with Crippen molar-refractivity contribution in [3.63, 3.8) is 0 Å². The molecule has 0 spiro atoms. The number of carbonyl (C=O) groups excluding carboxylic acids is 1. The van der Waals surface area contributed by atoms with Gasteiger partial charge in [0.1, 0.15) is 5.54 Å². The van der Waals surface area contributed by atoms with Crippen molar-refractivity contribution >= 4 is 15.9 Å². The second-order valence-corrected chi connectivity index (χ2v) is 8.77. The number of rotatable bonds is 6. The number of carbonyl (C=O) groups is 1. The number of hydrogen-bond acceptors (Lipinski definition) is 4. The van der Waals surface area contributed by atoms with Gasteiger partial charge < -0.3 is 11.1 Å². The molecule has 0 aliphatic carbocycles. The molecular formula is C19H25N3O3S. The summed E-state index contributed by atoms with van der Waals surface area (Å²) in [6.07, 6.45) is 0. The Balaban J connectivity index is 2.15. The van der Waals surface area contributed by atoms with Crippen molar-refractivity contribution in [2.45, 2.75) is 30.3 Å². The standard InChI is InChI=1S/C19H25N3O3S/c1-14(15-10-12-17(13-11-15)26(24,25)22(3)4)21-18(23)19(2,20)16-8-6-5-7-9-16/h5-14H,20H2,1-4H3,(H,21,23). The molecule has 0 fully saturated rings. The lowest BCUT2D eigenvalue weighted by molar-refractivity contribution is -0.126. The van der Waals surface area contributed by atoms with Crippen LogP contribution in [0.4, 0.5) is 0 Å². The normalized spacial score (nSPS) is 15.3. The fourth-order valence-electron chi connectivity index (χ4n) is 2.48. The van der Waals surface area contributed by atoms with Gasteiger partial charge in [0.05, 0.1) is 10.9 Å². The molecule has 0 bridgehead atoms. The first-order valence-electron chi connectivity index (χ1n) is 8.24. The van der Waals surface area contributed by atoms with Gasteiger partial charge in [-0.25, -0.2) is 12.7 Å². The first-order chi connectivity index (χ1) is 12.1. The molecule has 2 unspecified atom stereocenters. The van der Waals surface area contributed by atoms with Gasteiger partial charge in [-0.15, -0.1) is 0 Å². The summed E-state index contributed by atoms with van der Waals surface area (Å²) in [4.78, 5) is 12.8. The van der Waals surface area contributed by atoms with E-state index in [4.69, 9.17) is 5.73 Å². The Morgan fingerprint density at radius 1 is 1.08 bits per heavy atom. The molecular weight excluding hydrogens is 350 g/mol. The van der Waals surface area contributed by atoms with Crippen LogP contribution in [0, 0.1) is 0 Å². The summed E-state index contributed by atoms with van der Waals surface area (Å²) in [5.41, 5.74) is 6.57. The second-order valence-electron chi connectivity index (χ2n) is 6.62. The fourth-order valence-corrected chi connectivity index (χ4v) is 3.39. The topological polar surface area (TPSA) is 92.5 Å². The van der Waals surface area contributed by atoms with Gasteiger partial charge in [-0.3, -0.25) is 4.79 Å². The van der Waals surface area contributed by atoms with Crippen molar-refractivity contribution in [3.8, 4) is 0 Å². The molecule has 0 radical (unpaired) electrons. The van der Waals surface area contributed by atoms with E-state index in [0.717, 1.165) is 15.4 Å². The van der Waals surface area contributed by atoms with Crippen molar-refractivity contribution in [3.05, 3.63) is 65.7 Å². The SMILES string of the molecule is CC(NC(=O)C(C)(N)c1ccccc1)c1ccc(S(=O)(=O)N(C)C)cc1. The predicted molar refractivity (Wildman–Crippen MR) is 102 cm³/mol. The lowest BCUT2D eigenvalue weighted by Gasteiger charge is -2.26. The zero-order valence-corrected chi connectivity index (χ0v) is 16.2. The van der Waals surface area contributed by atoms with Crippen molar-refractivity contribution in [2.75, 3.05) is 14.1 Å². The Bertz CT molecular complexity index is 861. The third kappa shape index (κ3) is 4.12. The van der Waals surface area contributed by atoms with E-state index in [1.54, 1.807) is 19.1 Å². The Kier molecular flexibility index (Phi) is 5.85. The van der Waals surface area contributed by atoms with Gasteiger partial charge in [0.15, 0.2) is 0 Å². The average Bonchev–Trinajstić information content (AvgIpc) is 2.62. The van der Waals surface area contributed by atoms with Crippen LogP contribution in [-0.2, 0) is 20.4 Å². The predicted octanol–water partition coefficient (Wildman–Crippen LogP) is 1.99. The molecule has 0 aromatic heterocycles. The number of benzene rings is 2. The van der Waals surface area contributed by atoms with Crippen LogP contribution in [-0.4, -0.2) is 32.7 Å². The van der Waals surface area contributed by atoms with Gasteiger partial charge in [-0.2, -0.15) is 0 Å². The number of nitrogens with one attached hydrogen (secondary N) is 1. The highest BCUT2D eigenvalue weighted by atomic mass is 32.2. The minimum Gasteiger partial charge on any atom is -0.348 e. The molecule has 0 heterocycles. The van der Waals surface area contributed by atoms with Crippen LogP contribution in [0.1, 0.15) is 31.0 Å². The van der Waals surface area contributed by atoms with Crippen LogP contribution in [0.15, 0.2) is 59.5 Å². The summed E-state index contributed by atoms with van der Waals surface area (Å²) in [6, 6.07) is 15.3. The van der Waals surface area contributed by atoms with Crippen LogP contribution in [0.5, 0.6) is 0 Å². The molecule has 0 saturated carbocycles. The maximum atomic E-state index is 12.6. The Morgan fingerprint density at radius 2 is 1.62 bits per heavy atom. The van der Waals surface area contributed by atoms with Gasteiger partial charge in [0.2, 0.25) is 15.9 Å². The molecule has 0 aliphatic heterocycles. The zero-order valence-electron chi connectivity index (χ0n) is 15.4. The molecule has 6 nitrogen and oxygen atoms in total. The summed E-state index contributed by atoms with van der Waals surface area (Å²) in [7, 11) is -0.508. The van der Waals surface area contributed by atoms with Crippen molar-refractivity contribution in [1.29, 1.82) is 0 Å². The van der Waals surface area contributed by atoms with E-state index < -0.39 is 15.6 Å². The van der Waals surface area contributed by atoms with Crippen molar-refractivity contribution in [1.82, 2.24) is 9.62 Å². The van der Waals surface area contributed by atoms with Gasteiger partial charge >= 0.3 is 0 Å². The zero-order chi connectivity index (χ0) is 19.5. The highest BCUT2D eigenvalue weighted by Crippen LogP contribution is 2.21. The third-order valence-electron chi connectivity index (χ3n) is 4.35. The third-order valence-corrected chi connectivity index (χ3v) is 6.18. The fraction of sp³-hybridized carbons (Fsp3) is 0.316. The van der Waals surface area contributed by atoms with Gasteiger partial charge in [-0.05, 0) is 37.1 Å². The minimum atomic E-state index is -3.48. The maximum absolute atomic E-state index is 12.6.